The molecule has 2 heterocycles. The summed E-state index contributed by atoms with van der Waals surface area (Å²) in [4.78, 5) is 29.4. The van der Waals surface area contributed by atoms with E-state index in [9.17, 15) is 14.7 Å². The Bertz CT molecular complexity index is 906. The van der Waals surface area contributed by atoms with Crippen molar-refractivity contribution in [1.29, 1.82) is 0 Å². The third-order valence-corrected chi connectivity index (χ3v) is 5.73. The van der Waals surface area contributed by atoms with E-state index in [0.717, 1.165) is 24.1 Å². The number of aliphatic hydroxyl groups is 1. The number of amides is 1. The lowest BCUT2D eigenvalue weighted by molar-refractivity contribution is -0.0162. The minimum Gasteiger partial charge on any atom is -0.389 e. The second-order valence-electron chi connectivity index (χ2n) is 8.15. The summed E-state index contributed by atoms with van der Waals surface area (Å²) >= 11 is 0. The van der Waals surface area contributed by atoms with E-state index in [-0.39, 0.29) is 11.5 Å². The number of carbonyl (C=O) groups excluding carboxylic acids is 1. The number of pyridine rings is 1. The topological polar surface area (TPSA) is 73.4 Å². The molecule has 1 saturated carbocycles. The Hall–Kier alpha value is -2.40. The fourth-order valence-electron chi connectivity index (χ4n) is 3.99. The molecule has 2 fully saturated rings. The second-order valence-corrected chi connectivity index (χ2v) is 8.15. The molecule has 5 heteroatoms. The summed E-state index contributed by atoms with van der Waals surface area (Å²) in [6, 6.07) is 11.4. The number of nitrogens with one attached hydrogen (secondary N) is 1. The van der Waals surface area contributed by atoms with Crippen molar-refractivity contribution < 1.29 is 9.90 Å². The number of rotatable bonds is 4. The van der Waals surface area contributed by atoms with E-state index in [0.29, 0.717) is 43.8 Å². The quantitative estimate of drug-likeness (QED) is 0.874. The molecule has 1 saturated heterocycles. The van der Waals surface area contributed by atoms with E-state index in [1.54, 1.807) is 4.90 Å². The number of piperidine rings is 1. The molecule has 5 nitrogen and oxygen atoms in total. The lowest BCUT2D eigenvalue weighted by Crippen LogP contribution is -2.47. The first kappa shape index (κ1) is 18.0. The van der Waals surface area contributed by atoms with Gasteiger partial charge in [0.1, 0.15) is 0 Å². The van der Waals surface area contributed by atoms with Gasteiger partial charge in [-0.2, -0.15) is 0 Å². The molecule has 1 aliphatic carbocycles. The van der Waals surface area contributed by atoms with E-state index in [1.807, 2.05) is 31.2 Å². The van der Waals surface area contributed by atoms with E-state index < -0.39 is 5.60 Å². The number of H-pyrrole nitrogens is 1. The predicted octanol–water partition coefficient (Wildman–Crippen LogP) is 2.77. The van der Waals surface area contributed by atoms with Crippen molar-refractivity contribution >= 4 is 5.91 Å². The molecule has 1 aromatic carbocycles. The number of likely N-dealkylation sites (tertiary alicyclic amines) is 1. The first-order valence-corrected chi connectivity index (χ1v) is 9.73. The highest BCUT2D eigenvalue weighted by atomic mass is 16.3. The van der Waals surface area contributed by atoms with Crippen molar-refractivity contribution in [2.45, 2.75) is 50.5 Å². The van der Waals surface area contributed by atoms with Crippen LogP contribution in [0, 0.1) is 6.92 Å². The van der Waals surface area contributed by atoms with Crippen LogP contribution in [0.25, 0.3) is 0 Å². The maximum absolute atomic E-state index is 12.9. The third-order valence-electron chi connectivity index (χ3n) is 5.73. The van der Waals surface area contributed by atoms with E-state index in [4.69, 9.17) is 0 Å². The molecule has 0 radical (unpaired) electrons. The molecule has 1 aliphatic heterocycles. The summed E-state index contributed by atoms with van der Waals surface area (Å²) in [7, 11) is 0. The smallest absolute Gasteiger partial charge is 0.254 e. The molecular weight excluding hydrogens is 340 g/mol. The minimum atomic E-state index is -0.780. The summed E-state index contributed by atoms with van der Waals surface area (Å²) in [6.45, 7) is 3.06. The molecule has 0 spiro atoms. The minimum absolute atomic E-state index is 0.111. The predicted molar refractivity (Wildman–Crippen MR) is 104 cm³/mol. The number of aryl methyl sites for hydroxylation is 1. The number of carbonyl (C=O) groups is 1. The summed E-state index contributed by atoms with van der Waals surface area (Å²) in [5.41, 5.74) is 2.66. The van der Waals surface area contributed by atoms with Gasteiger partial charge in [-0.25, -0.2) is 0 Å². The van der Waals surface area contributed by atoms with Gasteiger partial charge in [0, 0.05) is 36.8 Å². The lowest BCUT2D eigenvalue weighted by atomic mass is 9.85. The van der Waals surface area contributed by atoms with Crippen molar-refractivity contribution in [1.82, 2.24) is 9.88 Å². The Morgan fingerprint density at radius 3 is 2.63 bits per heavy atom. The summed E-state index contributed by atoms with van der Waals surface area (Å²) in [5.74, 6) is 0.284. The molecule has 1 aromatic heterocycles. The van der Waals surface area contributed by atoms with Crippen molar-refractivity contribution in [3.8, 4) is 0 Å². The number of nitrogens with zero attached hydrogens (tertiary/aromatic N) is 1. The van der Waals surface area contributed by atoms with Gasteiger partial charge in [0.25, 0.3) is 5.91 Å². The van der Waals surface area contributed by atoms with E-state index in [1.165, 1.54) is 11.6 Å². The van der Waals surface area contributed by atoms with Gasteiger partial charge >= 0.3 is 0 Å². The number of aromatic amines is 1. The first-order valence-electron chi connectivity index (χ1n) is 9.73. The van der Waals surface area contributed by atoms with Crippen LogP contribution in [0.3, 0.4) is 0 Å². The van der Waals surface area contributed by atoms with Gasteiger partial charge in [0.2, 0.25) is 5.56 Å². The standard InChI is InChI=1S/C22H26N2O3/c1-15-3-2-4-16(11-15)14-22(27)7-9-24(10-8-22)21(26)18-12-19(17-5-6-17)23-20(25)13-18/h2-4,11-13,17,27H,5-10,14H2,1H3,(H,23,25). The fourth-order valence-corrected chi connectivity index (χ4v) is 3.99. The van der Waals surface area contributed by atoms with Crippen LogP contribution in [-0.4, -0.2) is 39.6 Å². The van der Waals surface area contributed by atoms with Crippen molar-refractivity contribution in [3.05, 3.63) is 69.1 Å². The van der Waals surface area contributed by atoms with Crippen LogP contribution in [0.2, 0.25) is 0 Å². The van der Waals surface area contributed by atoms with Crippen LogP contribution >= 0.6 is 0 Å². The van der Waals surface area contributed by atoms with Crippen LogP contribution in [0.5, 0.6) is 0 Å². The molecular formula is C22H26N2O3. The highest BCUT2D eigenvalue weighted by Crippen LogP contribution is 2.38. The monoisotopic (exact) mass is 366 g/mol. The molecule has 0 bridgehead atoms. The Kier molecular flexibility index (Phi) is 4.64. The first-order chi connectivity index (χ1) is 12.9. The molecule has 0 atom stereocenters. The van der Waals surface area contributed by atoms with Crippen molar-refractivity contribution in [2.24, 2.45) is 0 Å². The largest absolute Gasteiger partial charge is 0.389 e. The average molecular weight is 366 g/mol. The third kappa shape index (κ3) is 4.14. The van der Waals surface area contributed by atoms with Gasteiger partial charge < -0.3 is 15.0 Å². The zero-order valence-corrected chi connectivity index (χ0v) is 15.7. The molecule has 0 unspecified atom stereocenters. The van der Waals surface area contributed by atoms with Gasteiger partial charge in [-0.15, -0.1) is 0 Å². The molecule has 27 heavy (non-hydrogen) atoms. The van der Waals surface area contributed by atoms with Gasteiger partial charge in [-0.1, -0.05) is 29.8 Å². The fraction of sp³-hybridized carbons (Fsp3) is 0.455. The number of aromatic nitrogens is 1. The number of benzene rings is 1. The molecule has 142 valence electrons. The molecule has 2 aliphatic rings. The van der Waals surface area contributed by atoms with Crippen LogP contribution in [0.1, 0.15) is 58.8 Å². The van der Waals surface area contributed by atoms with Gasteiger partial charge in [0.15, 0.2) is 0 Å². The molecule has 4 rings (SSSR count). The van der Waals surface area contributed by atoms with Gasteiger partial charge in [0.05, 0.1) is 5.60 Å². The average Bonchev–Trinajstić information content (AvgIpc) is 3.46. The lowest BCUT2D eigenvalue weighted by Gasteiger charge is -2.38. The molecule has 2 N–H and O–H groups in total. The zero-order chi connectivity index (χ0) is 19.0. The normalized spacial score (nSPS) is 19.1. The Balaban J connectivity index is 1.42. The highest BCUT2D eigenvalue weighted by molar-refractivity contribution is 5.94. The maximum atomic E-state index is 12.9. The highest BCUT2D eigenvalue weighted by Gasteiger charge is 2.34. The Morgan fingerprint density at radius 2 is 1.96 bits per heavy atom. The number of hydrogen-bond donors (Lipinski definition) is 2. The zero-order valence-electron chi connectivity index (χ0n) is 15.7. The maximum Gasteiger partial charge on any atom is 0.254 e. The van der Waals surface area contributed by atoms with Crippen LogP contribution in [-0.2, 0) is 6.42 Å². The summed E-state index contributed by atoms with van der Waals surface area (Å²) in [6.07, 6.45) is 3.84. The van der Waals surface area contributed by atoms with E-state index >= 15 is 0 Å². The van der Waals surface area contributed by atoms with Crippen LogP contribution in [0.15, 0.2) is 41.2 Å². The van der Waals surface area contributed by atoms with Gasteiger partial charge in [-0.3, -0.25) is 9.59 Å². The summed E-state index contributed by atoms with van der Waals surface area (Å²) < 4.78 is 0. The van der Waals surface area contributed by atoms with Crippen molar-refractivity contribution in [2.75, 3.05) is 13.1 Å². The van der Waals surface area contributed by atoms with Crippen LogP contribution in [0.4, 0.5) is 0 Å². The second kappa shape index (κ2) is 6.97. The number of hydrogen-bond acceptors (Lipinski definition) is 3. The van der Waals surface area contributed by atoms with Crippen molar-refractivity contribution in [3.63, 3.8) is 0 Å². The molecule has 2 aromatic rings. The SMILES string of the molecule is Cc1cccc(CC2(O)CCN(C(=O)c3cc(C4CC4)[nH]c(=O)c3)CC2)c1. The van der Waals surface area contributed by atoms with Gasteiger partial charge in [-0.05, 0) is 50.2 Å². The Labute approximate surface area is 159 Å². The Morgan fingerprint density at radius 1 is 1.22 bits per heavy atom. The van der Waals surface area contributed by atoms with Crippen LogP contribution < -0.4 is 5.56 Å². The molecule has 1 amide bonds. The van der Waals surface area contributed by atoms with E-state index in [2.05, 4.69) is 11.1 Å². The summed E-state index contributed by atoms with van der Waals surface area (Å²) in [5, 5.41) is 11.0.